The summed E-state index contributed by atoms with van der Waals surface area (Å²) in [7, 11) is 0. The second-order valence-electron chi connectivity index (χ2n) is 6.28. The Balaban J connectivity index is 2.70. The topological polar surface area (TPSA) is 61.4 Å². The van der Waals surface area contributed by atoms with Crippen LogP contribution < -0.4 is 10.6 Å². The van der Waals surface area contributed by atoms with E-state index in [0.717, 1.165) is 0 Å². The van der Waals surface area contributed by atoms with E-state index in [9.17, 15) is 23.1 Å². The summed E-state index contributed by atoms with van der Waals surface area (Å²) < 4.78 is 39.4. The first-order valence-corrected chi connectivity index (χ1v) is 6.78. The van der Waals surface area contributed by atoms with E-state index in [2.05, 4.69) is 10.6 Å². The average molecular weight is 296 g/mol. The molecule has 1 amide bonds. The summed E-state index contributed by atoms with van der Waals surface area (Å²) in [6.07, 6.45) is -4.45. The Morgan fingerprint density at radius 2 is 2.05 bits per heavy atom. The zero-order chi connectivity index (χ0) is 15.6. The molecule has 0 aliphatic carbocycles. The number of hydrogen-bond donors (Lipinski definition) is 3. The van der Waals surface area contributed by atoms with Crippen LogP contribution in [0.25, 0.3) is 0 Å². The van der Waals surface area contributed by atoms with Gasteiger partial charge in [-0.05, 0) is 32.2 Å². The summed E-state index contributed by atoms with van der Waals surface area (Å²) in [6.45, 7) is 4.88. The molecule has 2 unspecified atom stereocenters. The number of hydrogen-bond acceptors (Lipinski definition) is 3. The van der Waals surface area contributed by atoms with Crippen molar-refractivity contribution in [2.24, 2.45) is 11.3 Å². The van der Waals surface area contributed by atoms with Crippen molar-refractivity contribution in [2.45, 2.75) is 45.4 Å². The van der Waals surface area contributed by atoms with Crippen LogP contribution in [-0.2, 0) is 4.79 Å². The highest BCUT2D eigenvalue weighted by molar-refractivity contribution is 5.84. The second-order valence-corrected chi connectivity index (χ2v) is 6.28. The van der Waals surface area contributed by atoms with Crippen LogP contribution in [0.3, 0.4) is 0 Å². The van der Waals surface area contributed by atoms with Crippen molar-refractivity contribution in [1.82, 2.24) is 10.6 Å². The summed E-state index contributed by atoms with van der Waals surface area (Å²) in [5, 5.41) is 14.9. The van der Waals surface area contributed by atoms with E-state index in [-0.39, 0.29) is 25.4 Å². The Hall–Kier alpha value is -0.820. The minimum Gasteiger partial charge on any atom is -0.388 e. The van der Waals surface area contributed by atoms with Gasteiger partial charge in [0.2, 0.25) is 5.91 Å². The van der Waals surface area contributed by atoms with Crippen LogP contribution in [0.2, 0.25) is 0 Å². The molecule has 20 heavy (non-hydrogen) atoms. The van der Waals surface area contributed by atoms with E-state index in [1.54, 1.807) is 0 Å². The highest BCUT2D eigenvalue weighted by Crippen LogP contribution is 2.43. The number of carbonyl (C=O) groups is 1. The van der Waals surface area contributed by atoms with Crippen LogP contribution in [0.15, 0.2) is 0 Å². The highest BCUT2D eigenvalue weighted by atomic mass is 19.4. The highest BCUT2D eigenvalue weighted by Gasteiger charge is 2.61. The summed E-state index contributed by atoms with van der Waals surface area (Å²) in [5.74, 6) is -0.870. The molecule has 1 fully saturated rings. The van der Waals surface area contributed by atoms with Crippen molar-refractivity contribution >= 4 is 5.91 Å². The van der Waals surface area contributed by atoms with Gasteiger partial charge in [0.05, 0.1) is 5.60 Å². The van der Waals surface area contributed by atoms with Gasteiger partial charge in [0.1, 0.15) is 0 Å². The number of nitrogens with one attached hydrogen (secondary N) is 2. The lowest BCUT2D eigenvalue weighted by Crippen LogP contribution is -2.54. The summed E-state index contributed by atoms with van der Waals surface area (Å²) >= 11 is 0. The van der Waals surface area contributed by atoms with E-state index >= 15 is 0 Å². The minimum atomic E-state index is -4.59. The molecule has 0 aromatic carbocycles. The van der Waals surface area contributed by atoms with Crippen LogP contribution in [-0.4, -0.2) is 42.4 Å². The van der Waals surface area contributed by atoms with Crippen LogP contribution in [0, 0.1) is 11.3 Å². The monoisotopic (exact) mass is 296 g/mol. The van der Waals surface area contributed by atoms with Crippen LogP contribution in [0.5, 0.6) is 0 Å². The van der Waals surface area contributed by atoms with Gasteiger partial charge in [-0.15, -0.1) is 0 Å². The molecule has 118 valence electrons. The lowest BCUT2D eigenvalue weighted by atomic mass is 9.84. The summed E-state index contributed by atoms with van der Waals surface area (Å²) in [6, 6.07) is 0. The van der Waals surface area contributed by atoms with Gasteiger partial charge in [-0.1, -0.05) is 13.8 Å². The number of carbonyl (C=O) groups excluding carboxylic acids is 1. The maximum absolute atomic E-state index is 13.1. The molecule has 0 radical (unpaired) electrons. The average Bonchev–Trinajstić information content (AvgIpc) is 2.73. The van der Waals surface area contributed by atoms with Gasteiger partial charge < -0.3 is 15.7 Å². The molecule has 0 spiro atoms. The molecule has 0 aromatic heterocycles. The van der Waals surface area contributed by atoms with Crippen LogP contribution in [0.4, 0.5) is 13.2 Å². The quantitative estimate of drug-likeness (QED) is 0.719. The Bertz CT molecular complexity index is 348. The van der Waals surface area contributed by atoms with Crippen molar-refractivity contribution in [2.75, 3.05) is 19.6 Å². The fourth-order valence-corrected chi connectivity index (χ4v) is 2.65. The molecule has 7 heteroatoms. The number of aliphatic hydroxyl groups is 1. The van der Waals surface area contributed by atoms with Gasteiger partial charge in [0, 0.05) is 13.1 Å². The first-order chi connectivity index (χ1) is 9.00. The van der Waals surface area contributed by atoms with Gasteiger partial charge in [0.15, 0.2) is 5.41 Å². The maximum atomic E-state index is 13.1. The minimum absolute atomic E-state index is 0.162. The standard InChI is InChI=1S/C13H23F3N2O2/c1-9(2)6-11(3,20)7-18-10(19)12(13(14,15)16)4-5-17-8-12/h9,17,20H,4-8H2,1-3H3,(H,18,19). The molecule has 0 bridgehead atoms. The van der Waals surface area contributed by atoms with E-state index in [1.807, 2.05) is 13.8 Å². The Morgan fingerprint density at radius 3 is 2.45 bits per heavy atom. The van der Waals surface area contributed by atoms with Crippen molar-refractivity contribution in [1.29, 1.82) is 0 Å². The zero-order valence-electron chi connectivity index (χ0n) is 12.1. The van der Waals surface area contributed by atoms with Crippen molar-refractivity contribution < 1.29 is 23.1 Å². The smallest absolute Gasteiger partial charge is 0.388 e. The van der Waals surface area contributed by atoms with E-state index in [1.165, 1.54) is 6.92 Å². The zero-order valence-corrected chi connectivity index (χ0v) is 12.1. The van der Waals surface area contributed by atoms with Crippen LogP contribution >= 0.6 is 0 Å². The molecule has 0 saturated carbocycles. The predicted molar refractivity (Wildman–Crippen MR) is 69.1 cm³/mol. The molecule has 1 rings (SSSR count). The third kappa shape index (κ3) is 3.85. The molecule has 1 saturated heterocycles. The third-order valence-electron chi connectivity index (χ3n) is 3.61. The van der Waals surface area contributed by atoms with Gasteiger partial charge in [0.25, 0.3) is 0 Å². The molecular weight excluding hydrogens is 273 g/mol. The summed E-state index contributed by atoms with van der Waals surface area (Å²) in [4.78, 5) is 12.0. The molecule has 1 aliphatic rings. The van der Waals surface area contributed by atoms with Crippen molar-refractivity contribution in [3.8, 4) is 0 Å². The SMILES string of the molecule is CC(C)CC(C)(O)CNC(=O)C1(C(F)(F)F)CCNC1. The predicted octanol–water partition coefficient (Wildman–Crippen LogP) is 1.44. The molecule has 4 nitrogen and oxygen atoms in total. The molecule has 2 atom stereocenters. The van der Waals surface area contributed by atoms with E-state index < -0.39 is 29.6 Å². The first kappa shape index (κ1) is 17.2. The number of rotatable bonds is 5. The lowest BCUT2D eigenvalue weighted by molar-refractivity contribution is -0.216. The van der Waals surface area contributed by atoms with E-state index in [0.29, 0.717) is 6.42 Å². The Kier molecular flexibility index (Phi) is 5.08. The van der Waals surface area contributed by atoms with Gasteiger partial charge >= 0.3 is 6.18 Å². The molecule has 1 heterocycles. The van der Waals surface area contributed by atoms with Crippen molar-refractivity contribution in [3.63, 3.8) is 0 Å². The van der Waals surface area contributed by atoms with Crippen molar-refractivity contribution in [3.05, 3.63) is 0 Å². The van der Waals surface area contributed by atoms with E-state index in [4.69, 9.17) is 0 Å². The molecule has 1 aliphatic heterocycles. The van der Waals surface area contributed by atoms with Gasteiger partial charge in [-0.2, -0.15) is 13.2 Å². The second kappa shape index (κ2) is 5.89. The number of amides is 1. The molecule has 3 N–H and O–H groups in total. The van der Waals surface area contributed by atoms with Crippen LogP contribution in [0.1, 0.15) is 33.6 Å². The maximum Gasteiger partial charge on any atom is 0.404 e. The Morgan fingerprint density at radius 1 is 1.45 bits per heavy atom. The fourth-order valence-electron chi connectivity index (χ4n) is 2.65. The Labute approximate surface area is 117 Å². The molecular formula is C13H23F3N2O2. The third-order valence-corrected chi connectivity index (χ3v) is 3.61. The first-order valence-electron chi connectivity index (χ1n) is 6.78. The largest absolute Gasteiger partial charge is 0.404 e. The van der Waals surface area contributed by atoms with Gasteiger partial charge in [-0.25, -0.2) is 0 Å². The number of halogens is 3. The lowest BCUT2D eigenvalue weighted by Gasteiger charge is -2.32. The number of alkyl halides is 3. The summed E-state index contributed by atoms with van der Waals surface area (Å²) in [5.41, 5.74) is -3.58. The normalized spacial score (nSPS) is 26.6. The fraction of sp³-hybridized carbons (Fsp3) is 0.923. The van der Waals surface area contributed by atoms with Gasteiger partial charge in [-0.3, -0.25) is 4.79 Å². The molecule has 0 aromatic rings.